The van der Waals surface area contributed by atoms with Crippen LogP contribution in [0.2, 0.25) is 0 Å². The van der Waals surface area contributed by atoms with E-state index in [1.165, 1.54) is 0 Å². The van der Waals surface area contributed by atoms with Gasteiger partial charge in [0.05, 0.1) is 4.92 Å². The van der Waals surface area contributed by atoms with E-state index in [-0.39, 0.29) is 10.6 Å². The normalized spacial score (nSPS) is 19.5. The number of aryl methyl sites for hydroxylation is 1. The number of likely N-dealkylation sites (tertiary alicyclic amines) is 1. The lowest BCUT2D eigenvalue weighted by atomic mass is 10.1. The van der Waals surface area contributed by atoms with Crippen LogP contribution in [-0.4, -0.2) is 40.5 Å². The summed E-state index contributed by atoms with van der Waals surface area (Å²) in [6, 6.07) is 2.23. The molecule has 1 aliphatic heterocycles. The minimum absolute atomic E-state index is 0.0891. The largest absolute Gasteiger partial charge is 0.364 e. The van der Waals surface area contributed by atoms with Gasteiger partial charge in [0.25, 0.3) is 0 Å². The maximum Gasteiger partial charge on any atom is 0.314 e. The number of nitrogens with one attached hydrogen (secondary N) is 1. The zero-order valence-electron chi connectivity index (χ0n) is 12.3. The van der Waals surface area contributed by atoms with Gasteiger partial charge in [-0.1, -0.05) is 0 Å². The second kappa shape index (κ2) is 6.17. The summed E-state index contributed by atoms with van der Waals surface area (Å²) >= 11 is 0. The predicted molar refractivity (Wildman–Crippen MR) is 78.9 cm³/mol. The molecule has 6 heteroatoms. The standard InChI is InChI=1S/C14H22N4O2/c1-10(2)17-7-5-12(9-17)8-16-14-13(18(19)20)11(3)4-6-15-14/h4,6,10,12H,5,7-9H2,1-3H3,(H,15,16). The number of hydrogen-bond acceptors (Lipinski definition) is 5. The zero-order valence-corrected chi connectivity index (χ0v) is 12.3. The number of hydrogen-bond donors (Lipinski definition) is 1. The van der Waals surface area contributed by atoms with Crippen LogP contribution in [0.25, 0.3) is 0 Å². The Labute approximate surface area is 119 Å². The van der Waals surface area contributed by atoms with Gasteiger partial charge in [-0.25, -0.2) is 4.98 Å². The highest BCUT2D eigenvalue weighted by atomic mass is 16.6. The van der Waals surface area contributed by atoms with Crippen molar-refractivity contribution < 1.29 is 4.92 Å². The molecule has 20 heavy (non-hydrogen) atoms. The lowest BCUT2D eigenvalue weighted by Crippen LogP contribution is -2.29. The first kappa shape index (κ1) is 14.7. The molecule has 1 aliphatic rings. The van der Waals surface area contributed by atoms with Gasteiger partial charge in [0.15, 0.2) is 0 Å². The minimum Gasteiger partial charge on any atom is -0.364 e. The third kappa shape index (κ3) is 3.25. The van der Waals surface area contributed by atoms with Crippen LogP contribution in [0.1, 0.15) is 25.8 Å². The Morgan fingerprint density at radius 1 is 1.60 bits per heavy atom. The van der Waals surface area contributed by atoms with Gasteiger partial charge < -0.3 is 10.2 Å². The molecule has 2 heterocycles. The number of aromatic nitrogens is 1. The van der Waals surface area contributed by atoms with Crippen molar-refractivity contribution in [2.75, 3.05) is 25.0 Å². The number of nitro groups is 1. The van der Waals surface area contributed by atoms with Crippen LogP contribution < -0.4 is 5.32 Å². The molecule has 110 valence electrons. The summed E-state index contributed by atoms with van der Waals surface area (Å²) in [4.78, 5) is 17.3. The summed E-state index contributed by atoms with van der Waals surface area (Å²) < 4.78 is 0. The lowest BCUT2D eigenvalue weighted by Gasteiger charge is -2.20. The quantitative estimate of drug-likeness (QED) is 0.661. The molecule has 0 radical (unpaired) electrons. The fraction of sp³-hybridized carbons (Fsp3) is 0.643. The Morgan fingerprint density at radius 3 is 2.95 bits per heavy atom. The molecule has 0 spiro atoms. The second-order valence-corrected chi connectivity index (χ2v) is 5.71. The summed E-state index contributed by atoms with van der Waals surface area (Å²) in [5, 5.41) is 14.3. The van der Waals surface area contributed by atoms with Crippen molar-refractivity contribution in [1.82, 2.24) is 9.88 Å². The molecule has 1 N–H and O–H groups in total. The van der Waals surface area contributed by atoms with Gasteiger partial charge in [-0.2, -0.15) is 0 Å². The molecule has 6 nitrogen and oxygen atoms in total. The molecule has 0 amide bonds. The Balaban J connectivity index is 1.98. The zero-order chi connectivity index (χ0) is 14.7. The molecule has 0 saturated carbocycles. The third-order valence-corrected chi connectivity index (χ3v) is 3.91. The fourth-order valence-electron chi connectivity index (χ4n) is 2.65. The predicted octanol–water partition coefficient (Wildman–Crippen LogP) is 2.44. The number of rotatable bonds is 5. The Bertz CT molecular complexity index is 490. The number of anilines is 1. The Morgan fingerprint density at radius 2 is 2.35 bits per heavy atom. The minimum atomic E-state index is -0.361. The topological polar surface area (TPSA) is 71.3 Å². The van der Waals surface area contributed by atoms with Gasteiger partial charge >= 0.3 is 5.69 Å². The van der Waals surface area contributed by atoms with Crippen LogP contribution in [0.5, 0.6) is 0 Å². The first-order chi connectivity index (χ1) is 9.49. The molecule has 2 rings (SSSR count). The Kier molecular flexibility index (Phi) is 4.54. The van der Waals surface area contributed by atoms with E-state index in [2.05, 4.69) is 29.0 Å². The molecule has 0 aliphatic carbocycles. The van der Waals surface area contributed by atoms with Gasteiger partial charge in [-0.15, -0.1) is 0 Å². The van der Waals surface area contributed by atoms with E-state index in [1.54, 1.807) is 19.2 Å². The van der Waals surface area contributed by atoms with E-state index in [4.69, 9.17) is 0 Å². The molecule has 0 bridgehead atoms. The maximum atomic E-state index is 11.1. The first-order valence-electron chi connectivity index (χ1n) is 7.07. The fourth-order valence-corrected chi connectivity index (χ4v) is 2.65. The first-order valence-corrected chi connectivity index (χ1v) is 7.07. The van der Waals surface area contributed by atoms with E-state index >= 15 is 0 Å². The molecule has 1 aromatic rings. The van der Waals surface area contributed by atoms with E-state index in [0.717, 1.165) is 26.1 Å². The summed E-state index contributed by atoms with van der Waals surface area (Å²) in [6.45, 7) is 9.02. The van der Waals surface area contributed by atoms with Crippen LogP contribution in [0.3, 0.4) is 0 Å². The van der Waals surface area contributed by atoms with Crippen molar-refractivity contribution in [3.63, 3.8) is 0 Å². The summed E-state index contributed by atoms with van der Waals surface area (Å²) in [7, 11) is 0. The maximum absolute atomic E-state index is 11.1. The van der Waals surface area contributed by atoms with Gasteiger partial charge in [-0.05, 0) is 45.7 Å². The highest BCUT2D eigenvalue weighted by molar-refractivity contribution is 5.59. The van der Waals surface area contributed by atoms with E-state index in [1.807, 2.05) is 0 Å². The van der Waals surface area contributed by atoms with E-state index in [9.17, 15) is 10.1 Å². The van der Waals surface area contributed by atoms with Gasteiger partial charge in [-0.3, -0.25) is 10.1 Å². The van der Waals surface area contributed by atoms with Crippen LogP contribution in [0.15, 0.2) is 12.3 Å². The van der Waals surface area contributed by atoms with E-state index < -0.39 is 0 Å². The van der Waals surface area contributed by atoms with Crippen molar-refractivity contribution in [1.29, 1.82) is 0 Å². The van der Waals surface area contributed by atoms with E-state index in [0.29, 0.717) is 23.3 Å². The van der Waals surface area contributed by atoms with Crippen molar-refractivity contribution in [2.45, 2.75) is 33.2 Å². The summed E-state index contributed by atoms with van der Waals surface area (Å²) in [6.07, 6.45) is 2.74. The van der Waals surface area contributed by atoms with Crippen molar-refractivity contribution in [2.24, 2.45) is 5.92 Å². The van der Waals surface area contributed by atoms with Crippen LogP contribution in [0.4, 0.5) is 11.5 Å². The lowest BCUT2D eigenvalue weighted by molar-refractivity contribution is -0.384. The van der Waals surface area contributed by atoms with Crippen molar-refractivity contribution in [3.8, 4) is 0 Å². The van der Waals surface area contributed by atoms with Crippen LogP contribution in [-0.2, 0) is 0 Å². The average molecular weight is 278 g/mol. The molecule has 0 aromatic carbocycles. The number of nitrogens with zero attached hydrogens (tertiary/aromatic N) is 3. The van der Waals surface area contributed by atoms with Gasteiger partial charge in [0.1, 0.15) is 0 Å². The monoisotopic (exact) mass is 278 g/mol. The SMILES string of the molecule is Cc1ccnc(NCC2CCN(C(C)C)C2)c1[N+](=O)[O-]. The summed E-state index contributed by atoms with van der Waals surface area (Å²) in [5.74, 6) is 0.914. The molecule has 1 atom stereocenters. The average Bonchev–Trinajstić information content (AvgIpc) is 2.84. The number of pyridine rings is 1. The highest BCUT2D eigenvalue weighted by Gasteiger charge is 2.25. The molecule has 1 fully saturated rings. The third-order valence-electron chi connectivity index (χ3n) is 3.91. The second-order valence-electron chi connectivity index (χ2n) is 5.71. The van der Waals surface area contributed by atoms with Gasteiger partial charge in [0.2, 0.25) is 5.82 Å². The van der Waals surface area contributed by atoms with Crippen molar-refractivity contribution in [3.05, 3.63) is 27.9 Å². The molecular weight excluding hydrogens is 256 g/mol. The Hall–Kier alpha value is -1.69. The summed E-state index contributed by atoms with van der Waals surface area (Å²) in [5.41, 5.74) is 0.731. The van der Waals surface area contributed by atoms with Crippen LogP contribution >= 0.6 is 0 Å². The highest BCUT2D eigenvalue weighted by Crippen LogP contribution is 2.26. The van der Waals surface area contributed by atoms with Gasteiger partial charge in [0, 0.05) is 30.9 Å². The molecule has 1 aromatic heterocycles. The molecule has 1 saturated heterocycles. The van der Waals surface area contributed by atoms with Crippen LogP contribution in [0, 0.1) is 23.0 Å². The molecular formula is C14H22N4O2. The smallest absolute Gasteiger partial charge is 0.314 e. The molecule has 1 unspecified atom stereocenters. The van der Waals surface area contributed by atoms with Crippen molar-refractivity contribution >= 4 is 11.5 Å².